The van der Waals surface area contributed by atoms with Crippen LogP contribution in [0.2, 0.25) is 0 Å². The van der Waals surface area contributed by atoms with Crippen molar-refractivity contribution in [3.05, 3.63) is 41.0 Å². The van der Waals surface area contributed by atoms with Gasteiger partial charge in [0, 0.05) is 64.8 Å². The molecule has 1 aromatic carbocycles. The number of benzene rings is 1. The summed E-state index contributed by atoms with van der Waals surface area (Å²) < 4.78 is 12.3. The Hall–Kier alpha value is -5.24. The number of hydrogen-bond acceptors (Lipinski definition) is 14. The molecule has 3 aliphatic heterocycles. The number of nitrogens with one attached hydrogen (secondary N) is 2. The van der Waals surface area contributed by atoms with E-state index in [4.69, 9.17) is 19.1 Å². The third kappa shape index (κ3) is 15.5. The van der Waals surface area contributed by atoms with Crippen molar-refractivity contribution in [2.45, 2.75) is 188 Å². The fraction of sp³-hybridized carbons (Fsp3) is 0.719. The topological polar surface area (TPSA) is 231 Å². The van der Waals surface area contributed by atoms with Crippen LogP contribution in [0.5, 0.6) is 5.75 Å². The standard InChI is InChI=1S/C57H88N6O13/c1-12-38(7)57(34-42(57)37(6)31-45(65)51(35(2)3)59-55(71)52(36(4)5)60(9)27-15-13-14-20-50(69)76-63-47(66)25-26-48(63)67)46(73-10)33-49(68)61-28-18-19-44(61)53(74-11)39(8)54(70)58-43(32-40-21-23-41(64)24-22-40)56(72)62-29-16-17-30-75-62/h21-24,35-36,38-39,43-44,46,51-53,64H,12-20,25-34H2,1-11H3,(H,58,70)(H,59,71)/b42-37+/t38-,39+,43-,44-,46+,51-,52-,53+,57-/m0/s1. The number of unbranched alkanes of at least 4 members (excludes halogenated alkanes) is 2. The zero-order valence-electron chi connectivity index (χ0n) is 47.2. The second kappa shape index (κ2) is 28.4. The quantitative estimate of drug-likeness (QED) is 0.0475. The summed E-state index contributed by atoms with van der Waals surface area (Å²) in [6.45, 7) is 17.6. The van der Waals surface area contributed by atoms with Crippen LogP contribution in [0.4, 0.5) is 0 Å². The summed E-state index contributed by atoms with van der Waals surface area (Å²) in [7, 11) is 5.04. The minimum absolute atomic E-state index is 0.0353. The lowest BCUT2D eigenvalue weighted by Crippen LogP contribution is -2.55. The molecule has 9 atom stereocenters. The van der Waals surface area contributed by atoms with Gasteiger partial charge in [0.2, 0.25) is 17.7 Å². The highest BCUT2D eigenvalue weighted by Crippen LogP contribution is 2.63. The van der Waals surface area contributed by atoms with Crippen molar-refractivity contribution < 1.29 is 62.6 Å². The maximum absolute atomic E-state index is 14.6. The van der Waals surface area contributed by atoms with E-state index in [0.717, 1.165) is 42.4 Å². The summed E-state index contributed by atoms with van der Waals surface area (Å²) in [5, 5.41) is 17.8. The lowest BCUT2D eigenvalue weighted by atomic mass is 9.80. The summed E-state index contributed by atoms with van der Waals surface area (Å²) in [6, 6.07) is 3.89. The molecule has 4 fully saturated rings. The van der Waals surface area contributed by atoms with Gasteiger partial charge in [0.05, 0.1) is 49.3 Å². The number of carbonyl (C=O) groups is 8. The number of allylic oxidation sites excluding steroid dienone is 1. The second-order valence-electron chi connectivity index (χ2n) is 22.3. The van der Waals surface area contributed by atoms with Crippen LogP contribution in [-0.2, 0) is 63.9 Å². The van der Waals surface area contributed by atoms with Crippen LogP contribution in [0.3, 0.4) is 0 Å². The maximum Gasteiger partial charge on any atom is 0.333 e. The van der Waals surface area contributed by atoms with Gasteiger partial charge in [-0.25, -0.2) is 9.86 Å². The molecule has 1 aromatic rings. The SMILES string of the molecule is CC[C@H](C)[C@@]1([C@@H](CC(=O)N2CCC[C@H]2[C@H](OC)[C@@H](C)C(=O)N[C@@H](Cc2ccc(O)cc2)C(=O)N2CCCCO2)OC)C/C1=C(/C)CC(=O)[C@@H](NC(=O)[C@H](C(C)C)N(C)CCCCCC(=O)ON1C(=O)CCC1=O)C(C)C. The number of aromatic hydroxyl groups is 1. The third-order valence-corrected chi connectivity index (χ3v) is 16.3. The number of likely N-dealkylation sites (N-methyl/N-ethyl adjacent to an activating group) is 1. The van der Waals surface area contributed by atoms with Gasteiger partial charge in [0.1, 0.15) is 11.8 Å². The Morgan fingerprint density at radius 2 is 1.55 bits per heavy atom. The minimum atomic E-state index is -0.942. The third-order valence-electron chi connectivity index (χ3n) is 16.3. The van der Waals surface area contributed by atoms with Gasteiger partial charge in [-0.05, 0) is 101 Å². The summed E-state index contributed by atoms with van der Waals surface area (Å²) in [6.07, 6.45) is 5.61. The molecule has 0 unspecified atom stereocenters. The second-order valence-corrected chi connectivity index (χ2v) is 22.3. The number of carbonyl (C=O) groups excluding carboxylic acids is 8. The first-order valence-corrected chi connectivity index (χ1v) is 27.8. The van der Waals surface area contributed by atoms with Crippen molar-refractivity contribution >= 4 is 47.2 Å². The number of rotatable bonds is 29. The predicted octanol–water partition coefficient (Wildman–Crippen LogP) is 6.00. The van der Waals surface area contributed by atoms with E-state index in [2.05, 4.69) is 24.5 Å². The van der Waals surface area contributed by atoms with Crippen LogP contribution in [0, 0.1) is 29.1 Å². The monoisotopic (exact) mass is 1060 g/mol. The summed E-state index contributed by atoms with van der Waals surface area (Å²) in [4.78, 5) is 121. The maximum atomic E-state index is 14.6. The van der Waals surface area contributed by atoms with Crippen molar-refractivity contribution in [1.82, 2.24) is 30.6 Å². The molecular weight excluding hydrogens is 977 g/mol. The van der Waals surface area contributed by atoms with E-state index in [1.807, 2.05) is 51.5 Å². The van der Waals surface area contributed by atoms with Gasteiger partial charge >= 0.3 is 5.97 Å². The van der Waals surface area contributed by atoms with Crippen LogP contribution >= 0.6 is 0 Å². The van der Waals surface area contributed by atoms with Crippen molar-refractivity contribution in [2.75, 3.05) is 47.5 Å². The molecule has 4 aliphatic rings. The molecule has 424 valence electrons. The Balaban J connectivity index is 1.21. The summed E-state index contributed by atoms with van der Waals surface area (Å²) >= 11 is 0. The molecule has 6 amide bonds. The van der Waals surface area contributed by atoms with E-state index in [1.165, 1.54) is 24.3 Å². The van der Waals surface area contributed by atoms with Crippen LogP contribution in [0.15, 0.2) is 35.4 Å². The highest BCUT2D eigenvalue weighted by molar-refractivity contribution is 6.01. The predicted molar refractivity (Wildman–Crippen MR) is 283 cm³/mol. The molecular formula is C57H88N6O13. The Bertz CT molecular complexity index is 2210. The average molecular weight is 1070 g/mol. The molecule has 19 nitrogen and oxygen atoms in total. The van der Waals surface area contributed by atoms with Crippen molar-refractivity contribution in [3.8, 4) is 5.75 Å². The highest BCUT2D eigenvalue weighted by Gasteiger charge is 2.59. The lowest BCUT2D eigenvalue weighted by Gasteiger charge is -2.36. The number of hydrogen-bond donors (Lipinski definition) is 3. The largest absolute Gasteiger partial charge is 0.508 e. The minimum Gasteiger partial charge on any atom is -0.508 e. The fourth-order valence-electron chi connectivity index (χ4n) is 11.7. The number of amides is 6. The van der Waals surface area contributed by atoms with Gasteiger partial charge in [-0.2, -0.15) is 0 Å². The molecule has 0 aromatic heterocycles. The van der Waals surface area contributed by atoms with E-state index < -0.39 is 71.4 Å². The number of Topliss-reactive ketones (excluding diaryl/α,β-unsaturated/α-hetero) is 1. The zero-order valence-corrected chi connectivity index (χ0v) is 47.2. The molecule has 3 heterocycles. The van der Waals surface area contributed by atoms with Crippen LogP contribution < -0.4 is 10.6 Å². The molecule has 19 heteroatoms. The number of phenols is 1. The molecule has 0 bridgehead atoms. The van der Waals surface area contributed by atoms with E-state index in [1.54, 1.807) is 26.2 Å². The van der Waals surface area contributed by atoms with Gasteiger partial charge < -0.3 is 35.0 Å². The number of hydroxylamine groups is 4. The Morgan fingerprint density at radius 1 is 0.868 bits per heavy atom. The van der Waals surface area contributed by atoms with E-state index in [9.17, 15) is 43.5 Å². The molecule has 0 spiro atoms. The Labute approximate surface area is 450 Å². The molecule has 0 radical (unpaired) electrons. The number of nitrogens with zero attached hydrogens (tertiary/aromatic N) is 4. The van der Waals surface area contributed by atoms with E-state index in [0.29, 0.717) is 63.4 Å². The van der Waals surface area contributed by atoms with Crippen molar-refractivity contribution in [2.24, 2.45) is 29.1 Å². The molecule has 3 saturated heterocycles. The van der Waals surface area contributed by atoms with E-state index >= 15 is 0 Å². The number of likely N-dealkylation sites (tertiary alicyclic amines) is 1. The first-order chi connectivity index (χ1) is 36.1. The molecule has 1 aliphatic carbocycles. The Kier molecular flexibility index (Phi) is 23.0. The number of methoxy groups -OCH3 is 2. The number of imide groups is 1. The smallest absolute Gasteiger partial charge is 0.333 e. The Morgan fingerprint density at radius 3 is 2.14 bits per heavy atom. The number of ether oxygens (including phenoxy) is 2. The zero-order chi connectivity index (χ0) is 56.0. The fourth-order valence-corrected chi connectivity index (χ4v) is 11.7. The van der Waals surface area contributed by atoms with Gasteiger partial charge in [-0.3, -0.25) is 43.3 Å². The van der Waals surface area contributed by atoms with Crippen molar-refractivity contribution in [3.63, 3.8) is 0 Å². The summed E-state index contributed by atoms with van der Waals surface area (Å²) in [5.41, 5.74) is 2.27. The highest BCUT2D eigenvalue weighted by atomic mass is 16.7. The first-order valence-electron chi connectivity index (χ1n) is 27.8. The molecule has 76 heavy (non-hydrogen) atoms. The molecule has 3 N–H and O–H groups in total. The lowest BCUT2D eigenvalue weighted by molar-refractivity contribution is -0.199. The van der Waals surface area contributed by atoms with Gasteiger partial charge in [0.15, 0.2) is 5.78 Å². The normalized spacial score (nSPS) is 22.3. The van der Waals surface area contributed by atoms with Crippen LogP contribution in [-0.4, -0.2) is 156 Å². The molecule has 5 rings (SSSR count). The average Bonchev–Trinajstić information content (AvgIpc) is 3.84. The van der Waals surface area contributed by atoms with Crippen molar-refractivity contribution in [1.29, 1.82) is 0 Å². The van der Waals surface area contributed by atoms with E-state index in [-0.39, 0.29) is 85.5 Å². The molecule has 1 saturated carbocycles. The first kappa shape index (κ1) is 61.6. The number of ketones is 1. The van der Waals surface area contributed by atoms with Crippen LogP contribution in [0.25, 0.3) is 0 Å². The van der Waals surface area contributed by atoms with Crippen LogP contribution in [0.1, 0.15) is 151 Å². The number of phenolic OH excluding ortho intramolecular Hbond substituents is 1. The van der Waals surface area contributed by atoms with Gasteiger partial charge in [-0.15, -0.1) is 5.06 Å². The van der Waals surface area contributed by atoms with Gasteiger partial charge in [-0.1, -0.05) is 84.6 Å². The van der Waals surface area contributed by atoms with Gasteiger partial charge in [0.25, 0.3) is 17.7 Å². The summed E-state index contributed by atoms with van der Waals surface area (Å²) in [5.74, 6) is -3.68.